The quantitative estimate of drug-likeness (QED) is 0.583. The average Bonchev–Trinajstić information content (AvgIpc) is 2.72. The highest BCUT2D eigenvalue weighted by molar-refractivity contribution is 7.89. The number of carbonyl (C=O) groups is 2. The molecule has 32 heavy (non-hydrogen) atoms. The van der Waals surface area contributed by atoms with Crippen molar-refractivity contribution in [2.24, 2.45) is 23.2 Å². The second-order valence-corrected chi connectivity index (χ2v) is 12.4. The summed E-state index contributed by atoms with van der Waals surface area (Å²) in [4.78, 5) is 26.1. The molecule has 2 unspecified atom stereocenters. The number of carbonyl (C=O) groups excluding carboxylic acids is 2. The molecule has 2 atom stereocenters. The van der Waals surface area contributed by atoms with Crippen molar-refractivity contribution in [3.63, 3.8) is 0 Å². The van der Waals surface area contributed by atoms with Gasteiger partial charge in [-0.3, -0.25) is 9.59 Å². The molecule has 174 valence electrons. The molecule has 0 aliphatic heterocycles. The summed E-state index contributed by atoms with van der Waals surface area (Å²) < 4.78 is 28.7. The first-order valence-corrected chi connectivity index (χ1v) is 13.4. The number of hydrogen-bond donors (Lipinski definition) is 3. The maximum atomic E-state index is 13.5. The Morgan fingerprint density at radius 3 is 2.25 bits per heavy atom. The van der Waals surface area contributed by atoms with Crippen LogP contribution in [0.3, 0.4) is 0 Å². The van der Waals surface area contributed by atoms with Crippen molar-refractivity contribution in [1.29, 1.82) is 0 Å². The lowest BCUT2D eigenvalue weighted by atomic mass is 9.47. The molecule has 0 aromatic heterocycles. The van der Waals surface area contributed by atoms with Crippen LogP contribution < -0.4 is 15.4 Å². The number of sulfonamides is 1. The van der Waals surface area contributed by atoms with Crippen molar-refractivity contribution in [3.05, 3.63) is 29.3 Å². The minimum Gasteiger partial charge on any atom is -0.359 e. The van der Waals surface area contributed by atoms with Gasteiger partial charge in [-0.05, 0) is 81.3 Å². The Bertz CT molecular complexity index is 1040. The summed E-state index contributed by atoms with van der Waals surface area (Å²) in [5.74, 6) is 0.949. The second kappa shape index (κ2) is 7.71. The molecule has 0 saturated heterocycles. The number of rotatable bonds is 6. The second-order valence-electron chi connectivity index (χ2n) is 10.3. The van der Waals surface area contributed by atoms with E-state index in [1.165, 1.54) is 12.1 Å². The smallest absolute Gasteiger partial charge is 0.243 e. The number of hydrogen-bond acceptors (Lipinski definition) is 4. The van der Waals surface area contributed by atoms with Gasteiger partial charge in [0.05, 0.1) is 10.4 Å². The van der Waals surface area contributed by atoms with Crippen LogP contribution in [0.25, 0.3) is 0 Å². The van der Waals surface area contributed by atoms with Crippen molar-refractivity contribution < 1.29 is 18.0 Å². The molecule has 6 rings (SSSR count). The Morgan fingerprint density at radius 1 is 1.03 bits per heavy atom. The van der Waals surface area contributed by atoms with Crippen molar-refractivity contribution in [2.75, 3.05) is 7.05 Å². The lowest BCUT2D eigenvalue weighted by molar-refractivity contribution is -0.151. The van der Waals surface area contributed by atoms with E-state index in [1.807, 2.05) is 0 Å². The van der Waals surface area contributed by atoms with Gasteiger partial charge in [-0.1, -0.05) is 23.7 Å². The van der Waals surface area contributed by atoms with Gasteiger partial charge in [-0.15, -0.1) is 0 Å². The lowest BCUT2D eigenvalue weighted by Crippen LogP contribution is -2.68. The molecule has 1 aromatic carbocycles. The Morgan fingerprint density at radius 2 is 1.69 bits per heavy atom. The van der Waals surface area contributed by atoms with Gasteiger partial charge in [0.1, 0.15) is 10.4 Å². The molecule has 0 heterocycles. The maximum absolute atomic E-state index is 13.5. The molecule has 5 aliphatic rings. The van der Waals surface area contributed by atoms with E-state index in [1.54, 1.807) is 19.2 Å². The predicted molar refractivity (Wildman–Crippen MR) is 120 cm³/mol. The van der Waals surface area contributed by atoms with Crippen LogP contribution in [-0.2, 0) is 19.6 Å². The summed E-state index contributed by atoms with van der Waals surface area (Å²) in [5.41, 5.74) is -1.43. The van der Waals surface area contributed by atoms with Gasteiger partial charge in [0, 0.05) is 13.1 Å². The van der Waals surface area contributed by atoms with Crippen LogP contribution in [0.2, 0.25) is 5.02 Å². The van der Waals surface area contributed by atoms with Gasteiger partial charge in [0.2, 0.25) is 21.8 Å². The zero-order valence-corrected chi connectivity index (χ0v) is 19.8. The highest BCUT2D eigenvalue weighted by Crippen LogP contribution is 2.60. The predicted octanol–water partition coefficient (Wildman–Crippen LogP) is 2.60. The molecule has 3 N–H and O–H groups in total. The van der Waals surface area contributed by atoms with E-state index in [9.17, 15) is 18.0 Å². The first-order valence-electron chi connectivity index (χ1n) is 11.5. The number of nitrogens with one attached hydrogen (secondary N) is 3. The van der Waals surface area contributed by atoms with Gasteiger partial charge < -0.3 is 10.6 Å². The van der Waals surface area contributed by atoms with E-state index in [4.69, 9.17) is 11.6 Å². The van der Waals surface area contributed by atoms with Gasteiger partial charge in [0.25, 0.3) is 0 Å². The Hall–Kier alpha value is -1.64. The standard InChI is InChI=1S/C23H30ClN3O4S/c1-25-20(28)22-11-14-9-15(12-22)19(16(10-14)13-22)26-21(29)23(7-4-8-23)27-32(30,31)18-6-3-2-5-17(18)24/h2-3,5-6,14-16,19,27H,4,7-13H2,1H3,(H,25,28)(H,26,29). The number of amides is 2. The fourth-order valence-electron chi connectivity index (χ4n) is 6.97. The minimum absolute atomic E-state index is 0.000812. The van der Waals surface area contributed by atoms with Crippen LogP contribution in [0.5, 0.6) is 0 Å². The fourth-order valence-corrected chi connectivity index (χ4v) is 8.92. The molecule has 7 nitrogen and oxygen atoms in total. The molecule has 2 amide bonds. The van der Waals surface area contributed by atoms with Crippen LogP contribution >= 0.6 is 11.6 Å². The minimum atomic E-state index is -3.94. The summed E-state index contributed by atoms with van der Waals surface area (Å²) in [6.45, 7) is 0. The highest BCUT2D eigenvalue weighted by atomic mass is 35.5. The van der Waals surface area contributed by atoms with E-state index in [0.29, 0.717) is 18.8 Å². The summed E-state index contributed by atoms with van der Waals surface area (Å²) in [6, 6.07) is 6.26. The number of benzene rings is 1. The molecule has 5 aliphatic carbocycles. The third-order valence-electron chi connectivity index (χ3n) is 8.38. The first-order chi connectivity index (χ1) is 15.2. The molecular formula is C23H30ClN3O4S. The number of halogens is 1. The first kappa shape index (κ1) is 22.2. The zero-order chi connectivity index (χ0) is 22.7. The molecule has 4 bridgehead atoms. The Kier molecular flexibility index (Phi) is 5.34. The monoisotopic (exact) mass is 479 g/mol. The molecule has 5 saturated carbocycles. The van der Waals surface area contributed by atoms with Crippen LogP contribution in [0.15, 0.2) is 29.2 Å². The molecular weight excluding hydrogens is 450 g/mol. The van der Waals surface area contributed by atoms with E-state index >= 15 is 0 Å². The van der Waals surface area contributed by atoms with Crippen molar-refractivity contribution in [2.45, 2.75) is 67.8 Å². The Balaban J connectivity index is 1.34. The third-order valence-corrected chi connectivity index (χ3v) is 10.4. The highest BCUT2D eigenvalue weighted by Gasteiger charge is 2.59. The lowest BCUT2D eigenvalue weighted by Gasteiger charge is -2.59. The fraction of sp³-hybridized carbons (Fsp3) is 0.652. The van der Waals surface area contributed by atoms with E-state index in [2.05, 4.69) is 15.4 Å². The SMILES string of the molecule is CNC(=O)C12CC3CC(C1)C(NC(=O)C1(NS(=O)(=O)c4ccccc4Cl)CCC1)C(C3)C2. The van der Waals surface area contributed by atoms with Crippen molar-refractivity contribution in [3.8, 4) is 0 Å². The van der Waals surface area contributed by atoms with E-state index < -0.39 is 15.6 Å². The molecule has 5 fully saturated rings. The molecule has 9 heteroatoms. The summed E-state index contributed by atoms with van der Waals surface area (Å²) in [7, 11) is -2.24. The van der Waals surface area contributed by atoms with Gasteiger partial charge >= 0.3 is 0 Å². The van der Waals surface area contributed by atoms with Gasteiger partial charge in [-0.25, -0.2) is 8.42 Å². The van der Waals surface area contributed by atoms with E-state index in [-0.39, 0.29) is 45.0 Å². The average molecular weight is 480 g/mol. The van der Waals surface area contributed by atoms with Crippen molar-refractivity contribution >= 4 is 33.4 Å². The van der Waals surface area contributed by atoms with E-state index in [0.717, 1.165) is 38.5 Å². The summed E-state index contributed by atoms with van der Waals surface area (Å²) in [6.07, 6.45) is 6.31. The van der Waals surface area contributed by atoms with Crippen molar-refractivity contribution in [1.82, 2.24) is 15.4 Å². The van der Waals surface area contributed by atoms with Crippen LogP contribution in [0.4, 0.5) is 0 Å². The molecule has 0 radical (unpaired) electrons. The zero-order valence-electron chi connectivity index (χ0n) is 18.2. The summed E-state index contributed by atoms with van der Waals surface area (Å²) >= 11 is 6.11. The third kappa shape index (κ3) is 3.46. The van der Waals surface area contributed by atoms with Crippen LogP contribution in [0, 0.1) is 23.2 Å². The van der Waals surface area contributed by atoms with Gasteiger partial charge in [-0.2, -0.15) is 4.72 Å². The van der Waals surface area contributed by atoms with Gasteiger partial charge in [0.15, 0.2) is 0 Å². The summed E-state index contributed by atoms with van der Waals surface area (Å²) in [5, 5.41) is 6.22. The van der Waals surface area contributed by atoms with Crippen LogP contribution in [-0.4, -0.2) is 38.9 Å². The molecule has 1 aromatic rings. The molecule has 0 spiro atoms. The largest absolute Gasteiger partial charge is 0.359 e. The maximum Gasteiger partial charge on any atom is 0.243 e. The topological polar surface area (TPSA) is 104 Å². The normalized spacial score (nSPS) is 34.6. The Labute approximate surface area is 194 Å². The van der Waals surface area contributed by atoms with Crippen LogP contribution in [0.1, 0.15) is 51.4 Å².